The van der Waals surface area contributed by atoms with E-state index in [9.17, 15) is 5.11 Å². The van der Waals surface area contributed by atoms with Crippen LogP contribution in [-0.2, 0) is 16.7 Å². The van der Waals surface area contributed by atoms with Gasteiger partial charge in [-0.25, -0.2) is 0 Å². The Hall–Kier alpha value is -1.68. The van der Waals surface area contributed by atoms with E-state index >= 15 is 0 Å². The molecule has 0 heterocycles. The Morgan fingerprint density at radius 3 is 2.19 bits per heavy atom. The quantitative estimate of drug-likeness (QED) is 0.732. The average molecular weight is 285 g/mol. The summed E-state index contributed by atoms with van der Waals surface area (Å²) < 4.78 is 5.12. The maximum atomic E-state index is 10.1. The summed E-state index contributed by atoms with van der Waals surface area (Å²) in [5.74, 6) is 0. The summed E-state index contributed by atoms with van der Waals surface area (Å²) in [6.07, 6.45) is 0.734. The second-order valence-corrected chi connectivity index (χ2v) is 5.19. The molecule has 0 aromatic heterocycles. The standard InChI is InChI=1S/C18H23NO2/c1-21-13-12-19-18(15-20,17-10-6-3-7-11-17)14-16-8-4-2-5-9-16/h2-11,19-20H,12-15H2,1H3. The van der Waals surface area contributed by atoms with Crippen molar-refractivity contribution in [2.24, 2.45) is 0 Å². The van der Waals surface area contributed by atoms with Crippen molar-refractivity contribution in [1.82, 2.24) is 5.32 Å². The van der Waals surface area contributed by atoms with Gasteiger partial charge >= 0.3 is 0 Å². The van der Waals surface area contributed by atoms with E-state index in [0.717, 1.165) is 12.0 Å². The number of rotatable bonds is 8. The topological polar surface area (TPSA) is 41.5 Å². The summed E-state index contributed by atoms with van der Waals surface area (Å²) in [7, 11) is 1.68. The molecule has 0 bridgehead atoms. The van der Waals surface area contributed by atoms with Crippen LogP contribution in [0.1, 0.15) is 11.1 Å². The van der Waals surface area contributed by atoms with E-state index in [1.807, 2.05) is 36.4 Å². The molecule has 2 aromatic rings. The van der Waals surface area contributed by atoms with Gasteiger partial charge in [-0.15, -0.1) is 0 Å². The lowest BCUT2D eigenvalue weighted by molar-refractivity contribution is 0.136. The van der Waals surface area contributed by atoms with E-state index in [-0.39, 0.29) is 6.61 Å². The Kier molecular flexibility index (Phi) is 5.93. The predicted molar refractivity (Wildman–Crippen MR) is 85.2 cm³/mol. The van der Waals surface area contributed by atoms with Gasteiger partial charge < -0.3 is 15.2 Å². The van der Waals surface area contributed by atoms with Gasteiger partial charge in [0.2, 0.25) is 0 Å². The van der Waals surface area contributed by atoms with Gasteiger partial charge in [-0.3, -0.25) is 0 Å². The zero-order valence-corrected chi connectivity index (χ0v) is 12.5. The first-order chi connectivity index (χ1) is 10.3. The van der Waals surface area contributed by atoms with Gasteiger partial charge in [0.05, 0.1) is 18.8 Å². The Bertz CT molecular complexity index is 515. The van der Waals surface area contributed by atoms with Crippen LogP contribution in [-0.4, -0.2) is 32.0 Å². The van der Waals surface area contributed by atoms with Crippen molar-refractivity contribution in [2.45, 2.75) is 12.0 Å². The summed E-state index contributed by atoms with van der Waals surface area (Å²) in [4.78, 5) is 0. The fourth-order valence-corrected chi connectivity index (χ4v) is 2.56. The lowest BCUT2D eigenvalue weighted by Crippen LogP contribution is -2.48. The molecule has 0 aliphatic heterocycles. The largest absolute Gasteiger partial charge is 0.394 e. The molecule has 2 aromatic carbocycles. The van der Waals surface area contributed by atoms with Crippen LogP contribution in [0.3, 0.4) is 0 Å². The van der Waals surface area contributed by atoms with E-state index in [2.05, 4.69) is 29.6 Å². The fourth-order valence-electron chi connectivity index (χ4n) is 2.56. The van der Waals surface area contributed by atoms with Crippen molar-refractivity contribution in [1.29, 1.82) is 0 Å². The van der Waals surface area contributed by atoms with E-state index in [4.69, 9.17) is 4.74 Å². The van der Waals surface area contributed by atoms with Crippen LogP contribution in [0.5, 0.6) is 0 Å². The number of benzene rings is 2. The van der Waals surface area contributed by atoms with Crippen LogP contribution in [0.4, 0.5) is 0 Å². The summed E-state index contributed by atoms with van der Waals surface area (Å²) in [5.41, 5.74) is 1.80. The number of ether oxygens (including phenoxy) is 1. The number of hydrogen-bond donors (Lipinski definition) is 2. The van der Waals surface area contributed by atoms with Crippen molar-refractivity contribution < 1.29 is 9.84 Å². The third-order valence-electron chi connectivity index (χ3n) is 3.71. The maximum Gasteiger partial charge on any atom is 0.0710 e. The minimum absolute atomic E-state index is 0.0373. The first-order valence-corrected chi connectivity index (χ1v) is 7.25. The smallest absolute Gasteiger partial charge is 0.0710 e. The van der Waals surface area contributed by atoms with Gasteiger partial charge in [0.15, 0.2) is 0 Å². The normalized spacial score (nSPS) is 13.8. The molecule has 1 atom stereocenters. The van der Waals surface area contributed by atoms with E-state index in [1.54, 1.807) is 7.11 Å². The Morgan fingerprint density at radius 2 is 1.62 bits per heavy atom. The molecular formula is C18H23NO2. The van der Waals surface area contributed by atoms with Crippen molar-refractivity contribution >= 4 is 0 Å². The monoisotopic (exact) mass is 285 g/mol. The van der Waals surface area contributed by atoms with Gasteiger partial charge in [-0.2, -0.15) is 0 Å². The molecule has 3 heteroatoms. The van der Waals surface area contributed by atoms with E-state index in [0.29, 0.717) is 13.2 Å². The van der Waals surface area contributed by atoms with E-state index < -0.39 is 5.54 Å². The fraction of sp³-hybridized carbons (Fsp3) is 0.333. The number of aliphatic hydroxyl groups is 1. The van der Waals surface area contributed by atoms with Crippen molar-refractivity contribution in [3.05, 3.63) is 71.8 Å². The summed E-state index contributed by atoms with van der Waals surface area (Å²) in [6, 6.07) is 20.3. The van der Waals surface area contributed by atoms with Crippen LogP contribution in [0, 0.1) is 0 Å². The Labute approximate surface area is 126 Å². The SMILES string of the molecule is COCCNC(CO)(Cc1ccccc1)c1ccccc1. The first-order valence-electron chi connectivity index (χ1n) is 7.25. The Morgan fingerprint density at radius 1 is 1.00 bits per heavy atom. The highest BCUT2D eigenvalue weighted by molar-refractivity contribution is 5.29. The predicted octanol–water partition coefficient (Wildman–Crippen LogP) is 2.35. The van der Waals surface area contributed by atoms with Crippen LogP contribution < -0.4 is 5.32 Å². The second kappa shape index (κ2) is 7.93. The highest BCUT2D eigenvalue weighted by Crippen LogP contribution is 2.25. The molecule has 0 saturated carbocycles. The molecule has 2 N–H and O–H groups in total. The lowest BCUT2D eigenvalue weighted by Gasteiger charge is -2.34. The minimum Gasteiger partial charge on any atom is -0.394 e. The third kappa shape index (κ3) is 4.14. The van der Waals surface area contributed by atoms with Gasteiger partial charge in [-0.05, 0) is 17.5 Å². The molecule has 0 aliphatic carbocycles. The number of methoxy groups -OCH3 is 1. The third-order valence-corrected chi connectivity index (χ3v) is 3.71. The zero-order valence-electron chi connectivity index (χ0n) is 12.5. The number of hydrogen-bond acceptors (Lipinski definition) is 3. The van der Waals surface area contributed by atoms with Gasteiger partial charge in [0.1, 0.15) is 0 Å². The van der Waals surface area contributed by atoms with Crippen LogP contribution in [0.25, 0.3) is 0 Å². The average Bonchev–Trinajstić information content (AvgIpc) is 2.56. The molecule has 2 rings (SSSR count). The van der Waals surface area contributed by atoms with Gasteiger partial charge in [0.25, 0.3) is 0 Å². The van der Waals surface area contributed by atoms with Crippen LogP contribution in [0.2, 0.25) is 0 Å². The van der Waals surface area contributed by atoms with Crippen LogP contribution in [0.15, 0.2) is 60.7 Å². The molecule has 0 fully saturated rings. The summed E-state index contributed by atoms with van der Waals surface area (Å²) >= 11 is 0. The maximum absolute atomic E-state index is 10.1. The Balaban J connectivity index is 2.27. The molecule has 0 amide bonds. The molecule has 21 heavy (non-hydrogen) atoms. The molecular weight excluding hydrogens is 262 g/mol. The summed E-state index contributed by atoms with van der Waals surface area (Å²) in [6.45, 7) is 1.35. The first kappa shape index (κ1) is 15.7. The second-order valence-electron chi connectivity index (χ2n) is 5.19. The van der Waals surface area contributed by atoms with Crippen molar-refractivity contribution in [3.8, 4) is 0 Å². The number of aliphatic hydroxyl groups excluding tert-OH is 1. The molecule has 0 aliphatic rings. The van der Waals surface area contributed by atoms with Gasteiger partial charge in [-0.1, -0.05) is 60.7 Å². The molecule has 3 nitrogen and oxygen atoms in total. The highest BCUT2D eigenvalue weighted by atomic mass is 16.5. The number of nitrogens with one attached hydrogen (secondary N) is 1. The van der Waals surface area contributed by atoms with Crippen molar-refractivity contribution in [2.75, 3.05) is 26.9 Å². The molecule has 0 spiro atoms. The van der Waals surface area contributed by atoms with Gasteiger partial charge in [0, 0.05) is 13.7 Å². The summed E-state index contributed by atoms with van der Waals surface area (Å²) in [5, 5.41) is 13.6. The van der Waals surface area contributed by atoms with Crippen molar-refractivity contribution in [3.63, 3.8) is 0 Å². The molecule has 1 unspecified atom stereocenters. The van der Waals surface area contributed by atoms with E-state index in [1.165, 1.54) is 5.56 Å². The molecule has 0 radical (unpaired) electrons. The highest BCUT2D eigenvalue weighted by Gasteiger charge is 2.31. The van der Waals surface area contributed by atoms with Crippen LogP contribution >= 0.6 is 0 Å². The lowest BCUT2D eigenvalue weighted by atomic mass is 9.84. The molecule has 112 valence electrons. The molecule has 0 saturated heterocycles. The zero-order chi connectivity index (χ0) is 15.0. The minimum atomic E-state index is -0.485.